The fourth-order valence-corrected chi connectivity index (χ4v) is 3.26. The van der Waals surface area contributed by atoms with E-state index in [9.17, 15) is 0 Å². The molecular formula is C19H26IN5OS. The van der Waals surface area contributed by atoms with Gasteiger partial charge >= 0.3 is 0 Å². The third-order valence-electron chi connectivity index (χ3n) is 3.86. The van der Waals surface area contributed by atoms with Crippen molar-refractivity contribution in [3.8, 4) is 0 Å². The zero-order valence-electron chi connectivity index (χ0n) is 15.2. The van der Waals surface area contributed by atoms with Crippen molar-refractivity contribution in [3.05, 3.63) is 65.0 Å². The lowest BCUT2D eigenvalue weighted by atomic mass is 10.3. The van der Waals surface area contributed by atoms with Crippen molar-refractivity contribution in [3.63, 3.8) is 0 Å². The Balaban J connectivity index is 0.00000261. The second-order valence-corrected chi connectivity index (χ2v) is 6.90. The highest BCUT2D eigenvalue weighted by Gasteiger charge is 2.01. The van der Waals surface area contributed by atoms with Gasteiger partial charge in [-0.3, -0.25) is 9.67 Å². The first-order chi connectivity index (χ1) is 12.9. The van der Waals surface area contributed by atoms with Crippen molar-refractivity contribution in [2.24, 2.45) is 4.99 Å². The summed E-state index contributed by atoms with van der Waals surface area (Å²) in [4.78, 5) is 6.07. The molecule has 3 rings (SSSR count). The van der Waals surface area contributed by atoms with Crippen LogP contribution in [-0.2, 0) is 19.4 Å². The Bertz CT molecular complexity index is 699. The quantitative estimate of drug-likeness (QED) is 0.194. The third-order valence-corrected chi connectivity index (χ3v) is 4.80. The summed E-state index contributed by atoms with van der Waals surface area (Å²) >= 11 is 1.79. The molecule has 0 fully saturated rings. The summed E-state index contributed by atoms with van der Waals surface area (Å²) in [7, 11) is 0. The van der Waals surface area contributed by atoms with Gasteiger partial charge in [0.15, 0.2) is 5.96 Å². The first-order valence-corrected chi connectivity index (χ1v) is 9.82. The average molecular weight is 499 g/mol. The second kappa shape index (κ2) is 12.6. The number of hydrogen-bond donors (Lipinski definition) is 2. The first-order valence-electron chi connectivity index (χ1n) is 8.94. The highest BCUT2D eigenvalue weighted by molar-refractivity contribution is 14.0. The molecule has 0 spiro atoms. The van der Waals surface area contributed by atoms with Gasteiger partial charge in [-0.1, -0.05) is 6.07 Å². The predicted octanol–water partition coefficient (Wildman–Crippen LogP) is 3.57. The van der Waals surface area contributed by atoms with Crippen LogP contribution in [0.15, 0.2) is 63.8 Å². The Hall–Kier alpha value is -1.81. The molecule has 0 saturated heterocycles. The summed E-state index contributed by atoms with van der Waals surface area (Å²) in [5, 5.41) is 13.1. The number of aliphatic imine (C=N–C) groups is 1. The fraction of sp³-hybridized carbons (Fsp3) is 0.368. The van der Waals surface area contributed by atoms with Gasteiger partial charge in [-0.2, -0.15) is 5.10 Å². The minimum Gasteiger partial charge on any atom is -0.469 e. The van der Waals surface area contributed by atoms with Crippen LogP contribution in [0.2, 0.25) is 0 Å². The Labute approximate surface area is 181 Å². The molecule has 0 aliphatic carbocycles. The number of nitrogens with zero attached hydrogens (tertiary/aromatic N) is 3. The molecule has 0 radical (unpaired) electrons. The number of thiophene rings is 1. The lowest BCUT2D eigenvalue weighted by molar-refractivity contribution is 0.506. The molecule has 6 nitrogen and oxygen atoms in total. The number of furan rings is 1. The van der Waals surface area contributed by atoms with Crippen LogP contribution in [0.25, 0.3) is 0 Å². The number of aromatic nitrogens is 2. The molecule has 0 aliphatic rings. The summed E-state index contributed by atoms with van der Waals surface area (Å²) in [6.45, 7) is 3.30. The lowest BCUT2D eigenvalue weighted by Crippen LogP contribution is -2.39. The SMILES string of the molecule is I.c1coc(CCNC(=NCCCn2cccn2)NCCc2cccs2)c1. The minimum absolute atomic E-state index is 0. The van der Waals surface area contributed by atoms with Crippen LogP contribution in [0, 0.1) is 0 Å². The van der Waals surface area contributed by atoms with Crippen LogP contribution in [0.5, 0.6) is 0 Å². The van der Waals surface area contributed by atoms with Crippen molar-refractivity contribution < 1.29 is 4.42 Å². The molecule has 0 bridgehead atoms. The molecule has 27 heavy (non-hydrogen) atoms. The Kier molecular flexibility index (Phi) is 9.99. The van der Waals surface area contributed by atoms with Crippen LogP contribution in [0.3, 0.4) is 0 Å². The van der Waals surface area contributed by atoms with Gasteiger partial charge in [0.25, 0.3) is 0 Å². The second-order valence-electron chi connectivity index (χ2n) is 5.87. The average Bonchev–Trinajstić information content (AvgIpc) is 3.41. The van der Waals surface area contributed by atoms with E-state index in [0.29, 0.717) is 0 Å². The van der Waals surface area contributed by atoms with E-state index in [4.69, 9.17) is 4.42 Å². The van der Waals surface area contributed by atoms with E-state index in [0.717, 1.165) is 57.2 Å². The van der Waals surface area contributed by atoms with E-state index >= 15 is 0 Å². The van der Waals surface area contributed by atoms with Gasteiger partial charge in [0, 0.05) is 49.9 Å². The van der Waals surface area contributed by atoms with Crippen LogP contribution in [-0.4, -0.2) is 35.4 Å². The van der Waals surface area contributed by atoms with Crippen molar-refractivity contribution in [2.75, 3.05) is 19.6 Å². The number of guanidine groups is 1. The van der Waals surface area contributed by atoms with Crippen molar-refractivity contribution in [1.29, 1.82) is 0 Å². The number of nitrogens with one attached hydrogen (secondary N) is 2. The fourth-order valence-electron chi connectivity index (χ4n) is 2.55. The molecule has 0 atom stereocenters. The van der Waals surface area contributed by atoms with Gasteiger partial charge in [0.05, 0.1) is 6.26 Å². The highest BCUT2D eigenvalue weighted by Crippen LogP contribution is 2.08. The molecule has 2 N–H and O–H groups in total. The molecule has 0 aliphatic heterocycles. The molecule has 8 heteroatoms. The zero-order valence-corrected chi connectivity index (χ0v) is 18.4. The van der Waals surface area contributed by atoms with E-state index < -0.39 is 0 Å². The van der Waals surface area contributed by atoms with Crippen LogP contribution >= 0.6 is 35.3 Å². The molecule has 3 aromatic rings. The highest BCUT2D eigenvalue weighted by atomic mass is 127. The van der Waals surface area contributed by atoms with Gasteiger partial charge < -0.3 is 15.1 Å². The first kappa shape index (κ1) is 21.5. The maximum Gasteiger partial charge on any atom is 0.191 e. The van der Waals surface area contributed by atoms with Gasteiger partial charge in [0.1, 0.15) is 5.76 Å². The normalized spacial score (nSPS) is 11.2. The Morgan fingerprint density at radius 3 is 2.74 bits per heavy atom. The zero-order chi connectivity index (χ0) is 17.9. The molecule has 3 heterocycles. The van der Waals surface area contributed by atoms with E-state index in [1.54, 1.807) is 23.8 Å². The summed E-state index contributed by atoms with van der Waals surface area (Å²) < 4.78 is 7.31. The number of rotatable bonds is 10. The van der Waals surface area contributed by atoms with Crippen LogP contribution in [0.1, 0.15) is 17.1 Å². The summed E-state index contributed by atoms with van der Waals surface area (Å²) in [6, 6.07) is 10.1. The molecular weight excluding hydrogens is 473 g/mol. The van der Waals surface area contributed by atoms with E-state index in [1.807, 2.05) is 29.1 Å². The Morgan fingerprint density at radius 2 is 2.04 bits per heavy atom. The number of hydrogen-bond acceptors (Lipinski definition) is 4. The molecule has 0 unspecified atom stereocenters. The lowest BCUT2D eigenvalue weighted by Gasteiger charge is -2.12. The monoisotopic (exact) mass is 499 g/mol. The topological polar surface area (TPSA) is 67.4 Å². The largest absolute Gasteiger partial charge is 0.469 e. The van der Waals surface area contributed by atoms with E-state index in [-0.39, 0.29) is 24.0 Å². The maximum atomic E-state index is 5.38. The van der Waals surface area contributed by atoms with E-state index in [2.05, 4.69) is 38.2 Å². The summed E-state index contributed by atoms with van der Waals surface area (Å²) in [5.41, 5.74) is 0. The van der Waals surface area contributed by atoms with Gasteiger partial charge in [-0.25, -0.2) is 0 Å². The molecule has 0 aromatic carbocycles. The number of aryl methyl sites for hydroxylation is 1. The third kappa shape index (κ3) is 8.17. The van der Waals surface area contributed by atoms with Crippen molar-refractivity contribution >= 4 is 41.3 Å². The summed E-state index contributed by atoms with van der Waals surface area (Å²) in [6.07, 6.45) is 8.29. The van der Waals surface area contributed by atoms with Crippen molar-refractivity contribution in [1.82, 2.24) is 20.4 Å². The standard InChI is InChI=1S/C19H25N5OS.HI/c1-5-17(25-15-1)7-11-21-19(22-12-8-18-6-2-16-26-18)20-9-3-13-24-14-4-10-23-24;/h1-2,4-6,10,14-16H,3,7-9,11-13H2,(H2,20,21,22);1H. The van der Waals surface area contributed by atoms with Crippen molar-refractivity contribution in [2.45, 2.75) is 25.8 Å². The minimum atomic E-state index is 0. The number of halogens is 1. The van der Waals surface area contributed by atoms with Gasteiger partial charge in [-0.15, -0.1) is 35.3 Å². The molecule has 146 valence electrons. The van der Waals surface area contributed by atoms with Crippen LogP contribution in [0.4, 0.5) is 0 Å². The maximum absolute atomic E-state index is 5.38. The predicted molar refractivity (Wildman–Crippen MR) is 121 cm³/mol. The smallest absolute Gasteiger partial charge is 0.191 e. The van der Waals surface area contributed by atoms with Gasteiger partial charge in [-0.05, 0) is 42.5 Å². The van der Waals surface area contributed by atoms with Gasteiger partial charge in [0.2, 0.25) is 0 Å². The summed E-state index contributed by atoms with van der Waals surface area (Å²) in [5.74, 6) is 1.84. The molecule has 3 aromatic heterocycles. The molecule has 0 amide bonds. The molecule has 0 saturated carbocycles. The Morgan fingerprint density at radius 1 is 1.15 bits per heavy atom. The van der Waals surface area contributed by atoms with E-state index in [1.165, 1.54) is 4.88 Å². The van der Waals surface area contributed by atoms with Crippen LogP contribution < -0.4 is 10.6 Å².